The second-order valence-electron chi connectivity index (χ2n) is 5.25. The van der Waals surface area contributed by atoms with Gasteiger partial charge in [0, 0.05) is 5.69 Å². The van der Waals surface area contributed by atoms with Crippen LogP contribution in [0.25, 0.3) is 0 Å². The number of unbranched alkanes of at least 4 members (excludes halogenated alkanes) is 3. The van der Waals surface area contributed by atoms with Gasteiger partial charge in [-0.1, -0.05) is 26.2 Å². The van der Waals surface area contributed by atoms with Crippen LogP contribution in [0, 0.1) is 0 Å². The summed E-state index contributed by atoms with van der Waals surface area (Å²) in [6.45, 7) is 6.35. The summed E-state index contributed by atoms with van der Waals surface area (Å²) in [5, 5.41) is 0. The third-order valence-electron chi connectivity index (χ3n) is 3.32. The highest BCUT2D eigenvalue weighted by Crippen LogP contribution is 2.22. The van der Waals surface area contributed by atoms with E-state index in [1.54, 1.807) is 25.1 Å². The van der Waals surface area contributed by atoms with Gasteiger partial charge >= 0.3 is 5.97 Å². The Hall–Kier alpha value is -1.71. The number of anilines is 1. The zero-order chi connectivity index (χ0) is 15.7. The molecule has 0 saturated heterocycles. The van der Waals surface area contributed by atoms with E-state index in [1.165, 1.54) is 19.3 Å². The Bertz CT molecular complexity index is 446. The van der Waals surface area contributed by atoms with Crippen LogP contribution < -0.4 is 10.5 Å². The van der Waals surface area contributed by atoms with E-state index in [4.69, 9.17) is 15.2 Å². The van der Waals surface area contributed by atoms with Gasteiger partial charge in [0.2, 0.25) is 0 Å². The number of nitrogens with two attached hydrogens (primary N) is 1. The van der Waals surface area contributed by atoms with Gasteiger partial charge in [-0.25, -0.2) is 4.79 Å². The van der Waals surface area contributed by atoms with E-state index in [-0.39, 0.29) is 6.10 Å². The molecule has 1 aromatic carbocycles. The first-order valence-corrected chi connectivity index (χ1v) is 7.81. The van der Waals surface area contributed by atoms with E-state index < -0.39 is 5.97 Å². The molecular formula is C17H27NO3. The van der Waals surface area contributed by atoms with Crippen LogP contribution in [0.5, 0.6) is 5.75 Å². The molecule has 21 heavy (non-hydrogen) atoms. The minimum Gasteiger partial charge on any atom is -0.491 e. The Morgan fingerprint density at radius 3 is 2.67 bits per heavy atom. The summed E-state index contributed by atoms with van der Waals surface area (Å²) in [4.78, 5) is 11.8. The van der Waals surface area contributed by atoms with Crippen molar-refractivity contribution in [1.82, 2.24) is 0 Å². The van der Waals surface area contributed by atoms with E-state index in [0.29, 0.717) is 23.6 Å². The minimum absolute atomic E-state index is 0.125. The first-order chi connectivity index (χ1) is 10.1. The predicted molar refractivity (Wildman–Crippen MR) is 85.7 cm³/mol. The average molecular weight is 293 g/mol. The molecule has 0 aliphatic rings. The molecule has 0 heterocycles. The van der Waals surface area contributed by atoms with Crippen LogP contribution >= 0.6 is 0 Å². The Labute approximate surface area is 127 Å². The lowest BCUT2D eigenvalue weighted by molar-refractivity contribution is 0.0527. The first kappa shape index (κ1) is 17.3. The Kier molecular flexibility index (Phi) is 7.65. The van der Waals surface area contributed by atoms with Crippen LogP contribution in [0.3, 0.4) is 0 Å². The first-order valence-electron chi connectivity index (χ1n) is 7.81. The monoisotopic (exact) mass is 293 g/mol. The van der Waals surface area contributed by atoms with E-state index in [9.17, 15) is 4.79 Å². The molecule has 0 radical (unpaired) electrons. The zero-order valence-electron chi connectivity index (χ0n) is 13.4. The Morgan fingerprint density at radius 2 is 2.00 bits per heavy atom. The lowest BCUT2D eigenvalue weighted by atomic mass is 10.1. The van der Waals surface area contributed by atoms with Crippen molar-refractivity contribution in [3.63, 3.8) is 0 Å². The smallest absolute Gasteiger partial charge is 0.340 e. The molecule has 0 aliphatic heterocycles. The van der Waals surface area contributed by atoms with Crippen molar-refractivity contribution in [2.75, 3.05) is 12.3 Å². The number of carbonyl (C=O) groups is 1. The van der Waals surface area contributed by atoms with Crippen molar-refractivity contribution < 1.29 is 14.3 Å². The van der Waals surface area contributed by atoms with E-state index in [2.05, 4.69) is 6.92 Å². The molecule has 4 heteroatoms. The fourth-order valence-electron chi connectivity index (χ4n) is 2.14. The predicted octanol–water partition coefficient (Wildman–Crippen LogP) is 4.18. The number of rotatable bonds is 9. The van der Waals surface area contributed by atoms with E-state index in [1.807, 2.05) is 6.92 Å². The zero-order valence-corrected chi connectivity index (χ0v) is 13.4. The lowest BCUT2D eigenvalue weighted by Crippen LogP contribution is -2.13. The molecule has 0 spiro atoms. The van der Waals surface area contributed by atoms with Crippen molar-refractivity contribution >= 4 is 11.7 Å². The van der Waals surface area contributed by atoms with Gasteiger partial charge in [-0.3, -0.25) is 0 Å². The lowest BCUT2D eigenvalue weighted by Gasteiger charge is -2.16. The summed E-state index contributed by atoms with van der Waals surface area (Å²) in [5.41, 5.74) is 6.59. The number of hydrogen-bond donors (Lipinski definition) is 1. The van der Waals surface area contributed by atoms with Crippen molar-refractivity contribution in [2.45, 2.75) is 59.0 Å². The number of ether oxygens (including phenoxy) is 2. The number of hydrogen-bond acceptors (Lipinski definition) is 4. The quantitative estimate of drug-likeness (QED) is 0.421. The summed E-state index contributed by atoms with van der Waals surface area (Å²) < 4.78 is 10.8. The summed E-state index contributed by atoms with van der Waals surface area (Å²) >= 11 is 0. The van der Waals surface area contributed by atoms with Crippen LogP contribution in [-0.4, -0.2) is 18.7 Å². The topological polar surface area (TPSA) is 61.5 Å². The van der Waals surface area contributed by atoms with Crippen LogP contribution in [0.4, 0.5) is 5.69 Å². The van der Waals surface area contributed by atoms with Crippen molar-refractivity contribution in [3.05, 3.63) is 23.8 Å². The highest BCUT2D eigenvalue weighted by Gasteiger charge is 2.13. The Morgan fingerprint density at radius 1 is 1.24 bits per heavy atom. The summed E-state index contributed by atoms with van der Waals surface area (Å²) in [7, 11) is 0. The van der Waals surface area contributed by atoms with E-state index in [0.717, 1.165) is 12.8 Å². The highest BCUT2D eigenvalue weighted by molar-refractivity contribution is 5.95. The van der Waals surface area contributed by atoms with Gasteiger partial charge in [0.05, 0.1) is 18.3 Å². The number of nitrogen functional groups attached to an aromatic ring is 1. The fourth-order valence-corrected chi connectivity index (χ4v) is 2.14. The molecule has 1 unspecified atom stereocenters. The molecule has 0 amide bonds. The van der Waals surface area contributed by atoms with Gasteiger partial charge in [-0.2, -0.15) is 0 Å². The molecule has 2 N–H and O–H groups in total. The largest absolute Gasteiger partial charge is 0.491 e. The maximum Gasteiger partial charge on any atom is 0.340 e. The average Bonchev–Trinajstić information content (AvgIpc) is 2.46. The molecule has 1 atom stereocenters. The number of benzene rings is 1. The van der Waals surface area contributed by atoms with Crippen LogP contribution in [0.1, 0.15) is 63.2 Å². The molecule has 0 aliphatic carbocycles. The molecule has 118 valence electrons. The summed E-state index contributed by atoms with van der Waals surface area (Å²) in [5.74, 6) is 0.256. The molecule has 0 saturated carbocycles. The highest BCUT2D eigenvalue weighted by atomic mass is 16.5. The second kappa shape index (κ2) is 9.27. The number of carbonyl (C=O) groups excluding carboxylic acids is 1. The molecule has 4 nitrogen and oxygen atoms in total. The van der Waals surface area contributed by atoms with Crippen LogP contribution in [-0.2, 0) is 4.74 Å². The summed E-state index contributed by atoms with van der Waals surface area (Å²) in [6, 6.07) is 5.14. The standard InChI is InChI=1S/C17H27NO3/c1-4-6-7-8-9-13(3)21-14-10-11-16(18)15(12-14)17(19)20-5-2/h10-13H,4-9,18H2,1-3H3. The van der Waals surface area contributed by atoms with Crippen molar-refractivity contribution in [1.29, 1.82) is 0 Å². The minimum atomic E-state index is -0.406. The van der Waals surface area contributed by atoms with Crippen molar-refractivity contribution in [2.24, 2.45) is 0 Å². The fraction of sp³-hybridized carbons (Fsp3) is 0.588. The molecule has 0 fully saturated rings. The SMILES string of the molecule is CCCCCCC(C)Oc1ccc(N)c(C(=O)OCC)c1. The van der Waals surface area contributed by atoms with Crippen LogP contribution in [0.2, 0.25) is 0 Å². The second-order valence-corrected chi connectivity index (χ2v) is 5.25. The van der Waals surface area contributed by atoms with Gasteiger partial charge < -0.3 is 15.2 Å². The molecular weight excluding hydrogens is 266 g/mol. The van der Waals surface area contributed by atoms with Crippen LogP contribution in [0.15, 0.2) is 18.2 Å². The van der Waals surface area contributed by atoms with Gasteiger partial charge in [0.15, 0.2) is 0 Å². The van der Waals surface area contributed by atoms with Gasteiger partial charge in [-0.05, 0) is 44.9 Å². The molecule has 0 bridgehead atoms. The molecule has 1 aromatic rings. The molecule has 0 aromatic heterocycles. The Balaban J connectivity index is 2.59. The summed E-state index contributed by atoms with van der Waals surface area (Å²) in [6.07, 6.45) is 6.03. The third-order valence-corrected chi connectivity index (χ3v) is 3.32. The molecule has 1 rings (SSSR count). The maximum absolute atomic E-state index is 11.8. The maximum atomic E-state index is 11.8. The van der Waals surface area contributed by atoms with Crippen molar-refractivity contribution in [3.8, 4) is 5.75 Å². The van der Waals surface area contributed by atoms with E-state index >= 15 is 0 Å². The van der Waals surface area contributed by atoms with Gasteiger partial charge in [0.25, 0.3) is 0 Å². The number of esters is 1. The normalized spacial score (nSPS) is 12.0. The van der Waals surface area contributed by atoms with Gasteiger partial charge in [-0.15, -0.1) is 0 Å². The third kappa shape index (κ3) is 6.06. The van der Waals surface area contributed by atoms with Gasteiger partial charge in [0.1, 0.15) is 5.75 Å².